The minimum atomic E-state index is -0.0725. The molecule has 0 saturated heterocycles. The Balaban J connectivity index is 3.16. The summed E-state index contributed by atoms with van der Waals surface area (Å²) in [5.41, 5.74) is 0.848. The summed E-state index contributed by atoms with van der Waals surface area (Å²) >= 11 is 6.54. The van der Waals surface area contributed by atoms with Crippen LogP contribution in [0.3, 0.4) is 0 Å². The Kier molecular flexibility index (Phi) is 4.89. The molecule has 0 saturated carbocycles. The van der Waals surface area contributed by atoms with Crippen LogP contribution >= 0.6 is 31.9 Å². The second kappa shape index (κ2) is 6.19. The maximum absolute atomic E-state index is 10.9. The summed E-state index contributed by atoms with van der Waals surface area (Å²) in [6.45, 7) is 0. The first kappa shape index (κ1) is 13.4. The number of carbonyl (C=O) groups is 1. The Morgan fingerprint density at radius 2 is 1.94 bits per heavy atom. The molecular weight excluding hydrogens is 350 g/mol. The normalized spacial score (nSPS) is 8.71. The van der Waals surface area contributed by atoms with Gasteiger partial charge >= 0.3 is 0 Å². The van der Waals surface area contributed by atoms with Crippen LogP contribution in [0.1, 0.15) is 10.4 Å². The molecule has 0 aliphatic carbocycles. The van der Waals surface area contributed by atoms with Crippen LogP contribution < -0.4 is 5.32 Å². The van der Waals surface area contributed by atoms with Crippen LogP contribution in [0.25, 0.3) is 0 Å². The van der Waals surface area contributed by atoms with Gasteiger partial charge in [0.2, 0.25) is 0 Å². The van der Waals surface area contributed by atoms with E-state index in [1.807, 2.05) is 0 Å². The van der Waals surface area contributed by atoms with Crippen molar-refractivity contribution in [3.8, 4) is 12.1 Å². The lowest BCUT2D eigenvalue weighted by molar-refractivity contribution is 0.112. The molecule has 1 aromatic rings. The van der Waals surface area contributed by atoms with Crippen LogP contribution in [0, 0.1) is 22.7 Å². The van der Waals surface area contributed by atoms with Crippen molar-refractivity contribution >= 4 is 43.8 Å². The Morgan fingerprint density at radius 1 is 1.29 bits per heavy atom. The van der Waals surface area contributed by atoms with Crippen molar-refractivity contribution in [3.05, 3.63) is 38.4 Å². The first-order valence-corrected chi connectivity index (χ1v) is 5.92. The second-order valence-corrected chi connectivity index (χ2v) is 4.67. The average Bonchev–Trinajstić information content (AvgIpc) is 2.31. The fourth-order valence-corrected chi connectivity index (χ4v) is 2.45. The molecule has 17 heavy (non-hydrogen) atoms. The summed E-state index contributed by atoms with van der Waals surface area (Å²) < 4.78 is 1.40. The number of carbonyl (C=O) groups excluding carboxylic acids is 1. The van der Waals surface area contributed by atoms with Gasteiger partial charge in [-0.2, -0.15) is 10.5 Å². The molecule has 1 N–H and O–H groups in total. The monoisotopic (exact) mass is 353 g/mol. The van der Waals surface area contributed by atoms with E-state index in [1.165, 1.54) is 6.20 Å². The molecule has 0 aliphatic rings. The Hall–Kier alpha value is -1.63. The van der Waals surface area contributed by atoms with E-state index < -0.39 is 0 Å². The SMILES string of the molecule is N#CC(C#N)=CNc1c(Br)cc(Br)cc1C=O. The van der Waals surface area contributed by atoms with Crippen molar-refractivity contribution < 1.29 is 4.79 Å². The van der Waals surface area contributed by atoms with Crippen LogP contribution in [0.5, 0.6) is 0 Å². The number of nitriles is 2. The number of anilines is 1. The van der Waals surface area contributed by atoms with Crippen LogP contribution in [0.4, 0.5) is 5.69 Å². The zero-order valence-electron chi connectivity index (χ0n) is 8.37. The van der Waals surface area contributed by atoms with Gasteiger partial charge in [-0.25, -0.2) is 0 Å². The number of aldehydes is 1. The number of nitrogens with zero attached hydrogens (tertiary/aromatic N) is 2. The van der Waals surface area contributed by atoms with Crippen molar-refractivity contribution in [2.75, 3.05) is 5.32 Å². The van der Waals surface area contributed by atoms with E-state index in [0.717, 1.165) is 4.47 Å². The molecule has 6 heteroatoms. The third-order valence-electron chi connectivity index (χ3n) is 1.81. The predicted octanol–water partition coefficient (Wildman–Crippen LogP) is 3.37. The summed E-state index contributed by atoms with van der Waals surface area (Å²) in [6.07, 6.45) is 1.94. The molecule has 0 radical (unpaired) electrons. The van der Waals surface area contributed by atoms with Crippen molar-refractivity contribution in [1.29, 1.82) is 10.5 Å². The van der Waals surface area contributed by atoms with Crippen molar-refractivity contribution in [3.63, 3.8) is 0 Å². The number of hydrogen-bond donors (Lipinski definition) is 1. The van der Waals surface area contributed by atoms with Gasteiger partial charge < -0.3 is 5.32 Å². The lowest BCUT2D eigenvalue weighted by Crippen LogP contribution is -1.96. The van der Waals surface area contributed by atoms with E-state index in [0.29, 0.717) is 22.0 Å². The quantitative estimate of drug-likeness (QED) is 0.666. The molecule has 0 aliphatic heterocycles. The third-order valence-corrected chi connectivity index (χ3v) is 2.90. The van der Waals surface area contributed by atoms with Gasteiger partial charge in [0.1, 0.15) is 17.7 Å². The molecule has 0 atom stereocenters. The van der Waals surface area contributed by atoms with Gasteiger partial charge in [-0.15, -0.1) is 0 Å². The number of halogens is 2. The Labute approximate surface area is 115 Å². The maximum atomic E-state index is 10.9. The third kappa shape index (κ3) is 3.42. The average molecular weight is 355 g/mol. The van der Waals surface area contributed by atoms with Crippen molar-refractivity contribution in [2.45, 2.75) is 0 Å². The van der Waals surface area contributed by atoms with Gasteiger partial charge in [-0.3, -0.25) is 4.79 Å². The summed E-state index contributed by atoms with van der Waals surface area (Å²) in [7, 11) is 0. The highest BCUT2D eigenvalue weighted by Gasteiger charge is 2.07. The number of nitrogens with one attached hydrogen (secondary N) is 1. The number of rotatable bonds is 3. The molecule has 84 valence electrons. The molecule has 0 fully saturated rings. The zero-order chi connectivity index (χ0) is 12.8. The molecule has 0 amide bonds. The molecule has 1 rings (SSSR count). The van der Waals surface area contributed by atoms with Gasteiger partial charge in [0, 0.05) is 20.7 Å². The van der Waals surface area contributed by atoms with Crippen LogP contribution in [0.2, 0.25) is 0 Å². The fourth-order valence-electron chi connectivity index (χ4n) is 1.07. The van der Waals surface area contributed by atoms with Crippen molar-refractivity contribution in [1.82, 2.24) is 0 Å². The molecule has 0 heterocycles. The summed E-state index contributed by atoms with van der Waals surface area (Å²) in [6, 6.07) is 6.81. The van der Waals surface area contributed by atoms with E-state index in [4.69, 9.17) is 10.5 Å². The van der Waals surface area contributed by atoms with E-state index >= 15 is 0 Å². The summed E-state index contributed by atoms with van der Waals surface area (Å²) in [4.78, 5) is 10.9. The summed E-state index contributed by atoms with van der Waals surface area (Å²) in [5, 5.41) is 19.9. The van der Waals surface area contributed by atoms with Crippen molar-refractivity contribution in [2.24, 2.45) is 0 Å². The highest BCUT2D eigenvalue weighted by atomic mass is 79.9. The lowest BCUT2D eigenvalue weighted by Gasteiger charge is -2.07. The second-order valence-electron chi connectivity index (χ2n) is 2.90. The molecule has 1 aromatic carbocycles. The van der Waals surface area contributed by atoms with Crippen LogP contribution in [0.15, 0.2) is 32.9 Å². The smallest absolute Gasteiger partial charge is 0.152 e. The lowest BCUT2D eigenvalue weighted by atomic mass is 10.2. The van der Waals surface area contributed by atoms with Crippen LogP contribution in [-0.4, -0.2) is 6.29 Å². The Bertz CT molecular complexity index is 551. The van der Waals surface area contributed by atoms with Gasteiger partial charge in [0.05, 0.1) is 5.69 Å². The zero-order valence-corrected chi connectivity index (χ0v) is 11.5. The standard InChI is InChI=1S/C11H5Br2N3O/c12-9-1-8(6-17)11(10(13)2-9)16-5-7(3-14)4-15/h1-2,5-6,16H. The molecule has 4 nitrogen and oxygen atoms in total. The number of hydrogen-bond acceptors (Lipinski definition) is 4. The van der Waals surface area contributed by atoms with Gasteiger partial charge in [0.25, 0.3) is 0 Å². The largest absolute Gasteiger partial charge is 0.358 e. The van der Waals surface area contributed by atoms with E-state index in [-0.39, 0.29) is 5.57 Å². The summed E-state index contributed by atoms with van der Waals surface area (Å²) in [5.74, 6) is 0. The molecule has 0 unspecified atom stereocenters. The van der Waals surface area contributed by atoms with Gasteiger partial charge in [0.15, 0.2) is 6.29 Å². The molecule has 0 aromatic heterocycles. The topological polar surface area (TPSA) is 76.7 Å². The van der Waals surface area contributed by atoms with E-state index in [2.05, 4.69) is 37.2 Å². The van der Waals surface area contributed by atoms with E-state index in [1.54, 1.807) is 24.3 Å². The Morgan fingerprint density at radius 3 is 2.47 bits per heavy atom. The first-order chi connectivity index (χ1) is 8.12. The fraction of sp³-hybridized carbons (Fsp3) is 0. The van der Waals surface area contributed by atoms with Gasteiger partial charge in [-0.05, 0) is 28.1 Å². The van der Waals surface area contributed by atoms with E-state index in [9.17, 15) is 4.79 Å². The van der Waals surface area contributed by atoms with Gasteiger partial charge in [-0.1, -0.05) is 15.9 Å². The molecule has 0 spiro atoms. The minimum Gasteiger partial charge on any atom is -0.358 e. The highest BCUT2D eigenvalue weighted by Crippen LogP contribution is 2.29. The minimum absolute atomic E-state index is 0.0725. The molecular formula is C11H5Br2N3O. The molecule has 0 bridgehead atoms. The number of benzene rings is 1. The maximum Gasteiger partial charge on any atom is 0.152 e. The highest BCUT2D eigenvalue weighted by molar-refractivity contribution is 9.11. The predicted molar refractivity (Wildman–Crippen MR) is 70.2 cm³/mol. The van der Waals surface area contributed by atoms with Crippen LogP contribution in [-0.2, 0) is 0 Å². The first-order valence-electron chi connectivity index (χ1n) is 4.33. The number of allylic oxidation sites excluding steroid dienone is 1.